The molecule has 2 rings (SSSR count). The van der Waals surface area contributed by atoms with Crippen LogP contribution in [0, 0.1) is 6.92 Å². The predicted molar refractivity (Wildman–Crippen MR) is 73.3 cm³/mol. The van der Waals surface area contributed by atoms with Gasteiger partial charge in [0.1, 0.15) is 0 Å². The molecule has 0 bridgehead atoms. The Kier molecular flexibility index (Phi) is 4.81. The molecule has 6 heteroatoms. The lowest BCUT2D eigenvalue weighted by atomic mass is 10.1. The van der Waals surface area contributed by atoms with Crippen molar-refractivity contribution in [1.82, 2.24) is 20.0 Å². The molecule has 0 saturated carbocycles. The molecular weight excluding hydrogens is 256 g/mol. The third kappa shape index (κ3) is 4.46. The Morgan fingerprint density at radius 1 is 1.35 bits per heavy atom. The summed E-state index contributed by atoms with van der Waals surface area (Å²) in [5.41, 5.74) is 3.11. The van der Waals surface area contributed by atoms with E-state index in [1.165, 1.54) is 0 Å². The molecule has 0 aliphatic carbocycles. The Morgan fingerprint density at radius 2 is 2.20 bits per heavy atom. The number of carbonyl (C=O) groups is 1. The van der Waals surface area contributed by atoms with E-state index in [0.29, 0.717) is 13.0 Å². The monoisotopic (exact) mass is 274 g/mol. The second kappa shape index (κ2) is 6.79. The second-order valence-corrected chi connectivity index (χ2v) is 4.88. The molecule has 6 nitrogen and oxygen atoms in total. The molecule has 0 aliphatic heterocycles. The van der Waals surface area contributed by atoms with Crippen molar-refractivity contribution in [3.63, 3.8) is 0 Å². The summed E-state index contributed by atoms with van der Waals surface area (Å²) in [5, 5.41) is 16.7. The van der Waals surface area contributed by atoms with Crippen molar-refractivity contribution in [2.24, 2.45) is 0 Å². The number of pyridine rings is 1. The Morgan fingerprint density at radius 3 is 2.95 bits per heavy atom. The maximum Gasteiger partial charge on any atom is 0.303 e. The summed E-state index contributed by atoms with van der Waals surface area (Å²) in [6.07, 6.45) is 8.01. The third-order valence-electron chi connectivity index (χ3n) is 2.94. The van der Waals surface area contributed by atoms with Crippen molar-refractivity contribution < 1.29 is 9.90 Å². The van der Waals surface area contributed by atoms with Gasteiger partial charge in [-0.3, -0.25) is 9.78 Å². The summed E-state index contributed by atoms with van der Waals surface area (Å²) in [6.45, 7) is 2.66. The fraction of sp³-hybridized carbons (Fsp3) is 0.429. The van der Waals surface area contributed by atoms with Gasteiger partial charge in [-0.2, -0.15) is 0 Å². The van der Waals surface area contributed by atoms with Crippen LogP contribution in [0.1, 0.15) is 36.1 Å². The number of hydrogen-bond acceptors (Lipinski definition) is 4. The number of nitrogens with zero attached hydrogens (tertiary/aromatic N) is 4. The normalized spacial score (nSPS) is 10.7. The van der Waals surface area contributed by atoms with Crippen molar-refractivity contribution in [3.8, 4) is 0 Å². The van der Waals surface area contributed by atoms with Crippen molar-refractivity contribution in [3.05, 3.63) is 41.5 Å². The lowest BCUT2D eigenvalue weighted by molar-refractivity contribution is -0.137. The largest absolute Gasteiger partial charge is 0.481 e. The lowest BCUT2D eigenvalue weighted by Gasteiger charge is -2.01. The van der Waals surface area contributed by atoms with Crippen LogP contribution in [0.3, 0.4) is 0 Å². The van der Waals surface area contributed by atoms with E-state index < -0.39 is 5.97 Å². The molecular formula is C14H18N4O2. The SMILES string of the molecule is Cc1cncc(Cn2cc(CCCCC(=O)O)nn2)c1. The van der Waals surface area contributed by atoms with Gasteiger partial charge in [-0.1, -0.05) is 11.3 Å². The Hall–Kier alpha value is -2.24. The maximum absolute atomic E-state index is 10.4. The van der Waals surface area contributed by atoms with E-state index in [1.807, 2.05) is 25.5 Å². The van der Waals surface area contributed by atoms with Gasteiger partial charge in [-0.25, -0.2) is 4.68 Å². The van der Waals surface area contributed by atoms with Gasteiger partial charge in [0.15, 0.2) is 0 Å². The average molecular weight is 274 g/mol. The Bertz CT molecular complexity index is 580. The molecule has 0 fully saturated rings. The van der Waals surface area contributed by atoms with Crippen molar-refractivity contribution in [1.29, 1.82) is 0 Å². The fourth-order valence-electron chi connectivity index (χ4n) is 2.00. The highest BCUT2D eigenvalue weighted by Crippen LogP contribution is 2.06. The zero-order chi connectivity index (χ0) is 14.4. The summed E-state index contributed by atoms with van der Waals surface area (Å²) >= 11 is 0. The van der Waals surface area contributed by atoms with Gasteiger partial charge in [-0.05, 0) is 37.3 Å². The molecule has 0 amide bonds. The number of hydrogen-bond donors (Lipinski definition) is 1. The molecule has 2 heterocycles. The minimum Gasteiger partial charge on any atom is -0.481 e. The number of aliphatic carboxylic acids is 1. The molecule has 2 aromatic heterocycles. The summed E-state index contributed by atoms with van der Waals surface area (Å²) in [5.74, 6) is -0.749. The van der Waals surface area contributed by atoms with Crippen molar-refractivity contribution in [2.45, 2.75) is 39.2 Å². The van der Waals surface area contributed by atoms with Gasteiger partial charge in [0.05, 0.1) is 12.2 Å². The highest BCUT2D eigenvalue weighted by molar-refractivity contribution is 5.66. The number of carboxylic acids is 1. The quantitative estimate of drug-likeness (QED) is 0.779. The van der Waals surface area contributed by atoms with Gasteiger partial charge in [0, 0.05) is 25.0 Å². The zero-order valence-corrected chi connectivity index (χ0v) is 11.5. The number of aromatic nitrogens is 4. The van der Waals surface area contributed by atoms with E-state index in [9.17, 15) is 4.79 Å². The smallest absolute Gasteiger partial charge is 0.303 e. The minimum absolute atomic E-state index is 0.211. The predicted octanol–water partition coefficient (Wildman–Crippen LogP) is 1.83. The molecule has 0 saturated heterocycles. The zero-order valence-electron chi connectivity index (χ0n) is 11.5. The summed E-state index contributed by atoms with van der Waals surface area (Å²) in [4.78, 5) is 14.6. The third-order valence-corrected chi connectivity index (χ3v) is 2.94. The molecule has 0 unspecified atom stereocenters. The summed E-state index contributed by atoms with van der Waals surface area (Å²) in [7, 11) is 0. The Labute approximate surface area is 117 Å². The highest BCUT2D eigenvalue weighted by Gasteiger charge is 2.03. The molecule has 0 atom stereocenters. The first-order valence-electron chi connectivity index (χ1n) is 6.65. The van der Waals surface area contributed by atoms with E-state index in [1.54, 1.807) is 4.68 Å². The number of aryl methyl sites for hydroxylation is 2. The molecule has 0 radical (unpaired) electrons. The van der Waals surface area contributed by atoms with Crippen LogP contribution in [0.15, 0.2) is 24.7 Å². The van der Waals surface area contributed by atoms with Gasteiger partial charge < -0.3 is 5.11 Å². The number of unbranched alkanes of at least 4 members (excludes halogenated alkanes) is 1. The van der Waals surface area contributed by atoms with Gasteiger partial charge >= 0.3 is 5.97 Å². The van der Waals surface area contributed by atoms with Crippen LogP contribution in [0.2, 0.25) is 0 Å². The highest BCUT2D eigenvalue weighted by atomic mass is 16.4. The van der Waals surface area contributed by atoms with Crippen LogP contribution in [-0.2, 0) is 17.8 Å². The maximum atomic E-state index is 10.4. The molecule has 2 aromatic rings. The molecule has 1 N–H and O–H groups in total. The first-order chi connectivity index (χ1) is 9.63. The van der Waals surface area contributed by atoms with Gasteiger partial charge in [-0.15, -0.1) is 5.10 Å². The number of rotatable bonds is 7. The molecule has 0 aromatic carbocycles. The fourth-order valence-corrected chi connectivity index (χ4v) is 2.00. The van der Waals surface area contributed by atoms with Crippen molar-refractivity contribution >= 4 is 5.97 Å². The van der Waals surface area contributed by atoms with Crippen LogP contribution in [0.25, 0.3) is 0 Å². The van der Waals surface area contributed by atoms with Gasteiger partial charge in [0.2, 0.25) is 0 Å². The molecule has 20 heavy (non-hydrogen) atoms. The lowest BCUT2D eigenvalue weighted by Crippen LogP contribution is -2.01. The van der Waals surface area contributed by atoms with Crippen LogP contribution >= 0.6 is 0 Å². The van der Waals surface area contributed by atoms with E-state index in [2.05, 4.69) is 21.4 Å². The number of carboxylic acid groups (broad SMARTS) is 1. The van der Waals surface area contributed by atoms with Crippen molar-refractivity contribution in [2.75, 3.05) is 0 Å². The standard InChI is InChI=1S/C14H18N4O2/c1-11-6-12(8-15-7-11)9-18-10-13(16-17-18)4-2-3-5-14(19)20/h6-8,10H,2-5,9H2,1H3,(H,19,20). The van der Waals surface area contributed by atoms with Crippen LogP contribution in [-0.4, -0.2) is 31.1 Å². The average Bonchev–Trinajstić information content (AvgIpc) is 2.82. The van der Waals surface area contributed by atoms with Crippen LogP contribution in [0.4, 0.5) is 0 Å². The van der Waals surface area contributed by atoms with Crippen LogP contribution < -0.4 is 0 Å². The van der Waals surface area contributed by atoms with E-state index in [4.69, 9.17) is 5.11 Å². The topological polar surface area (TPSA) is 80.9 Å². The second-order valence-electron chi connectivity index (χ2n) is 4.88. The molecule has 0 spiro atoms. The summed E-state index contributed by atoms with van der Waals surface area (Å²) in [6, 6.07) is 2.07. The van der Waals surface area contributed by atoms with E-state index in [0.717, 1.165) is 29.7 Å². The first kappa shape index (κ1) is 14.2. The Balaban J connectivity index is 1.84. The van der Waals surface area contributed by atoms with E-state index >= 15 is 0 Å². The summed E-state index contributed by atoms with van der Waals surface area (Å²) < 4.78 is 1.78. The van der Waals surface area contributed by atoms with Gasteiger partial charge in [0.25, 0.3) is 0 Å². The molecule has 0 aliphatic rings. The first-order valence-corrected chi connectivity index (χ1v) is 6.65. The minimum atomic E-state index is -0.749. The van der Waals surface area contributed by atoms with E-state index in [-0.39, 0.29) is 6.42 Å². The van der Waals surface area contributed by atoms with Crippen LogP contribution in [0.5, 0.6) is 0 Å². The molecule has 106 valence electrons.